The lowest BCUT2D eigenvalue weighted by molar-refractivity contribution is 0.175. The molecule has 1 fully saturated rings. The Labute approximate surface area is 86.2 Å². The van der Waals surface area contributed by atoms with Crippen molar-refractivity contribution in [2.45, 2.75) is 26.7 Å². The Kier molecular flexibility index (Phi) is 3.98. The van der Waals surface area contributed by atoms with Crippen LogP contribution in [0.2, 0.25) is 0 Å². The standard InChI is InChI=1S/C11H20N2O/c1-9(2)8-12-11(14)13-6-4-10(3)5-7-13/h10H,1,4-8H2,2-3H3,(H,12,14). The van der Waals surface area contributed by atoms with Gasteiger partial charge in [-0.2, -0.15) is 0 Å². The van der Waals surface area contributed by atoms with E-state index >= 15 is 0 Å². The van der Waals surface area contributed by atoms with Gasteiger partial charge in [0.2, 0.25) is 0 Å². The first-order valence-corrected chi connectivity index (χ1v) is 5.26. The third-order valence-corrected chi connectivity index (χ3v) is 2.61. The average Bonchev–Trinajstić information content (AvgIpc) is 2.15. The van der Waals surface area contributed by atoms with Crippen LogP contribution in [0.4, 0.5) is 4.79 Å². The topological polar surface area (TPSA) is 32.3 Å². The van der Waals surface area contributed by atoms with Crippen LogP contribution in [0.1, 0.15) is 26.7 Å². The molecule has 1 heterocycles. The van der Waals surface area contributed by atoms with Gasteiger partial charge in [0, 0.05) is 19.6 Å². The second-order valence-corrected chi connectivity index (χ2v) is 4.29. The van der Waals surface area contributed by atoms with E-state index in [0.29, 0.717) is 6.54 Å². The average molecular weight is 196 g/mol. The Balaban J connectivity index is 2.27. The second-order valence-electron chi connectivity index (χ2n) is 4.29. The van der Waals surface area contributed by atoms with E-state index in [1.807, 2.05) is 11.8 Å². The van der Waals surface area contributed by atoms with Gasteiger partial charge in [-0.05, 0) is 25.7 Å². The van der Waals surface area contributed by atoms with Crippen molar-refractivity contribution in [1.82, 2.24) is 10.2 Å². The molecule has 0 aromatic carbocycles. The van der Waals surface area contributed by atoms with Crippen molar-refractivity contribution < 1.29 is 4.79 Å². The summed E-state index contributed by atoms with van der Waals surface area (Å²) in [7, 11) is 0. The summed E-state index contributed by atoms with van der Waals surface area (Å²) in [5.41, 5.74) is 0.990. The molecule has 1 aliphatic heterocycles. The molecule has 1 saturated heterocycles. The molecule has 14 heavy (non-hydrogen) atoms. The molecular weight excluding hydrogens is 176 g/mol. The van der Waals surface area contributed by atoms with E-state index in [1.54, 1.807) is 0 Å². The molecule has 0 saturated carbocycles. The van der Waals surface area contributed by atoms with Crippen LogP contribution in [-0.4, -0.2) is 30.6 Å². The van der Waals surface area contributed by atoms with Crippen molar-refractivity contribution in [2.75, 3.05) is 19.6 Å². The molecule has 0 bridgehead atoms. The summed E-state index contributed by atoms with van der Waals surface area (Å²) >= 11 is 0. The Morgan fingerprint density at radius 1 is 1.50 bits per heavy atom. The van der Waals surface area contributed by atoms with Crippen LogP contribution in [0.25, 0.3) is 0 Å². The molecule has 3 heteroatoms. The minimum Gasteiger partial charge on any atom is -0.334 e. The van der Waals surface area contributed by atoms with Crippen LogP contribution in [0.15, 0.2) is 12.2 Å². The van der Waals surface area contributed by atoms with Crippen LogP contribution in [0, 0.1) is 5.92 Å². The number of nitrogens with one attached hydrogen (secondary N) is 1. The monoisotopic (exact) mass is 196 g/mol. The number of likely N-dealkylation sites (tertiary alicyclic amines) is 1. The van der Waals surface area contributed by atoms with Gasteiger partial charge in [0.1, 0.15) is 0 Å². The third-order valence-electron chi connectivity index (χ3n) is 2.61. The van der Waals surface area contributed by atoms with Gasteiger partial charge >= 0.3 is 6.03 Å². The minimum absolute atomic E-state index is 0.0555. The molecule has 1 aliphatic rings. The Hall–Kier alpha value is -0.990. The van der Waals surface area contributed by atoms with Crippen molar-refractivity contribution in [3.8, 4) is 0 Å². The maximum Gasteiger partial charge on any atom is 0.317 e. The molecule has 0 atom stereocenters. The SMILES string of the molecule is C=C(C)CNC(=O)N1CCC(C)CC1. The van der Waals surface area contributed by atoms with Crippen LogP contribution in [0.3, 0.4) is 0 Å². The molecule has 0 unspecified atom stereocenters. The summed E-state index contributed by atoms with van der Waals surface area (Å²) in [4.78, 5) is 13.5. The summed E-state index contributed by atoms with van der Waals surface area (Å²) in [5, 5.41) is 2.85. The molecule has 80 valence electrons. The third kappa shape index (κ3) is 3.40. The number of rotatable bonds is 2. The van der Waals surface area contributed by atoms with Gasteiger partial charge in [0.05, 0.1) is 0 Å². The van der Waals surface area contributed by atoms with Gasteiger partial charge in [-0.25, -0.2) is 4.79 Å². The van der Waals surface area contributed by atoms with E-state index in [2.05, 4.69) is 18.8 Å². The fourth-order valence-corrected chi connectivity index (χ4v) is 1.55. The highest BCUT2D eigenvalue weighted by molar-refractivity contribution is 5.74. The lowest BCUT2D eigenvalue weighted by Gasteiger charge is -2.30. The van der Waals surface area contributed by atoms with Crippen LogP contribution in [0.5, 0.6) is 0 Å². The smallest absolute Gasteiger partial charge is 0.317 e. The first kappa shape index (κ1) is 11.1. The van der Waals surface area contributed by atoms with Crippen LogP contribution >= 0.6 is 0 Å². The zero-order valence-corrected chi connectivity index (χ0v) is 9.18. The van der Waals surface area contributed by atoms with E-state index in [4.69, 9.17) is 0 Å². The fraction of sp³-hybridized carbons (Fsp3) is 0.727. The number of amides is 2. The predicted octanol–water partition coefficient (Wildman–Crippen LogP) is 2.00. The number of nitrogens with zero attached hydrogens (tertiary/aromatic N) is 1. The molecule has 3 nitrogen and oxygen atoms in total. The Bertz CT molecular complexity index is 217. The van der Waals surface area contributed by atoms with Gasteiger partial charge in [0.15, 0.2) is 0 Å². The number of urea groups is 1. The number of carbonyl (C=O) groups excluding carboxylic acids is 1. The van der Waals surface area contributed by atoms with Crippen molar-refractivity contribution in [1.29, 1.82) is 0 Å². The predicted molar refractivity (Wildman–Crippen MR) is 58.2 cm³/mol. The molecule has 0 aromatic heterocycles. The second kappa shape index (κ2) is 5.03. The molecule has 2 amide bonds. The maximum atomic E-state index is 11.6. The largest absolute Gasteiger partial charge is 0.334 e. The molecular formula is C11H20N2O. The zero-order chi connectivity index (χ0) is 10.6. The number of hydrogen-bond acceptors (Lipinski definition) is 1. The van der Waals surface area contributed by atoms with Crippen molar-refractivity contribution in [3.63, 3.8) is 0 Å². The molecule has 0 spiro atoms. The highest BCUT2D eigenvalue weighted by Gasteiger charge is 2.19. The summed E-state index contributed by atoms with van der Waals surface area (Å²) in [6, 6.07) is 0.0555. The summed E-state index contributed by atoms with van der Waals surface area (Å²) in [5.74, 6) is 0.764. The quantitative estimate of drug-likeness (QED) is 0.673. The summed E-state index contributed by atoms with van der Waals surface area (Å²) in [6.45, 7) is 10.3. The summed E-state index contributed by atoms with van der Waals surface area (Å²) < 4.78 is 0. The van der Waals surface area contributed by atoms with Gasteiger partial charge in [-0.3, -0.25) is 0 Å². The van der Waals surface area contributed by atoms with Crippen molar-refractivity contribution in [2.24, 2.45) is 5.92 Å². The Morgan fingerprint density at radius 3 is 2.57 bits per heavy atom. The normalized spacial score (nSPS) is 18.0. The van der Waals surface area contributed by atoms with E-state index in [-0.39, 0.29) is 6.03 Å². The van der Waals surface area contributed by atoms with E-state index in [9.17, 15) is 4.79 Å². The Morgan fingerprint density at radius 2 is 2.07 bits per heavy atom. The number of hydrogen-bond donors (Lipinski definition) is 1. The van der Waals surface area contributed by atoms with E-state index in [0.717, 1.165) is 37.4 Å². The maximum absolute atomic E-state index is 11.6. The highest BCUT2D eigenvalue weighted by atomic mass is 16.2. The lowest BCUT2D eigenvalue weighted by atomic mass is 10.00. The molecule has 0 aliphatic carbocycles. The first-order valence-electron chi connectivity index (χ1n) is 5.26. The van der Waals surface area contributed by atoms with Gasteiger partial charge in [-0.15, -0.1) is 0 Å². The van der Waals surface area contributed by atoms with E-state index < -0.39 is 0 Å². The molecule has 0 radical (unpaired) electrons. The number of carbonyl (C=O) groups is 1. The zero-order valence-electron chi connectivity index (χ0n) is 9.18. The lowest BCUT2D eigenvalue weighted by Crippen LogP contribution is -2.44. The number of piperidine rings is 1. The van der Waals surface area contributed by atoms with Gasteiger partial charge in [-0.1, -0.05) is 19.1 Å². The van der Waals surface area contributed by atoms with E-state index in [1.165, 1.54) is 0 Å². The molecule has 0 aromatic rings. The van der Waals surface area contributed by atoms with Crippen molar-refractivity contribution in [3.05, 3.63) is 12.2 Å². The molecule has 1 N–H and O–H groups in total. The fourth-order valence-electron chi connectivity index (χ4n) is 1.55. The van der Waals surface area contributed by atoms with Gasteiger partial charge < -0.3 is 10.2 Å². The first-order chi connectivity index (χ1) is 6.59. The van der Waals surface area contributed by atoms with Gasteiger partial charge in [0.25, 0.3) is 0 Å². The van der Waals surface area contributed by atoms with Crippen LogP contribution in [-0.2, 0) is 0 Å². The van der Waals surface area contributed by atoms with Crippen LogP contribution < -0.4 is 5.32 Å². The van der Waals surface area contributed by atoms with Crippen molar-refractivity contribution >= 4 is 6.03 Å². The highest BCUT2D eigenvalue weighted by Crippen LogP contribution is 2.15. The molecule has 1 rings (SSSR count). The minimum atomic E-state index is 0.0555. The summed E-state index contributed by atoms with van der Waals surface area (Å²) in [6.07, 6.45) is 2.25.